The summed E-state index contributed by atoms with van der Waals surface area (Å²) in [5, 5.41) is 5.27. The van der Waals surface area contributed by atoms with Gasteiger partial charge in [-0.2, -0.15) is 0 Å². The number of hydrogen-bond acceptors (Lipinski definition) is 4. The van der Waals surface area contributed by atoms with E-state index in [1.807, 2.05) is 29.6 Å². The Morgan fingerprint density at radius 1 is 1.38 bits per heavy atom. The van der Waals surface area contributed by atoms with Gasteiger partial charge in [-0.1, -0.05) is 28.1 Å². The van der Waals surface area contributed by atoms with Gasteiger partial charge in [0.25, 0.3) is 5.91 Å². The Bertz CT molecular complexity index is 794. The molecular weight excluding hydrogens is 352 g/mol. The molecule has 106 valence electrons. The van der Waals surface area contributed by atoms with Crippen LogP contribution in [0.25, 0.3) is 11.3 Å². The largest absolute Gasteiger partial charge is 0.469 e. The van der Waals surface area contributed by atoms with Crippen molar-refractivity contribution in [2.24, 2.45) is 0 Å². The number of halogens is 1. The molecule has 1 aromatic carbocycles. The van der Waals surface area contributed by atoms with Gasteiger partial charge in [-0.15, -0.1) is 11.3 Å². The minimum atomic E-state index is -0.212. The Labute approximate surface area is 134 Å². The van der Waals surface area contributed by atoms with Gasteiger partial charge in [0.15, 0.2) is 5.13 Å². The third-order valence-corrected chi connectivity index (χ3v) is 4.20. The van der Waals surface area contributed by atoms with Gasteiger partial charge in [0, 0.05) is 15.4 Å². The Morgan fingerprint density at radius 2 is 2.24 bits per heavy atom. The van der Waals surface area contributed by atoms with E-state index in [-0.39, 0.29) is 5.91 Å². The zero-order chi connectivity index (χ0) is 14.8. The molecule has 3 aromatic rings. The molecule has 2 heterocycles. The molecule has 0 unspecified atom stereocenters. The van der Waals surface area contributed by atoms with Crippen molar-refractivity contribution < 1.29 is 9.21 Å². The normalized spacial score (nSPS) is 10.6. The molecule has 4 nitrogen and oxygen atoms in total. The number of hydrogen-bond donors (Lipinski definition) is 1. The van der Waals surface area contributed by atoms with Crippen LogP contribution >= 0.6 is 27.3 Å². The number of nitrogens with zero attached hydrogens (tertiary/aromatic N) is 1. The second-order valence-electron chi connectivity index (χ2n) is 4.39. The summed E-state index contributed by atoms with van der Waals surface area (Å²) in [5.41, 5.74) is 2.36. The van der Waals surface area contributed by atoms with Gasteiger partial charge in [0.1, 0.15) is 5.76 Å². The van der Waals surface area contributed by atoms with Crippen molar-refractivity contribution >= 4 is 38.3 Å². The summed E-state index contributed by atoms with van der Waals surface area (Å²) in [4.78, 5) is 16.5. The molecule has 1 N–H and O–H groups in total. The zero-order valence-electron chi connectivity index (χ0n) is 11.1. The number of thiazole rings is 1. The van der Waals surface area contributed by atoms with E-state index in [4.69, 9.17) is 4.42 Å². The van der Waals surface area contributed by atoms with Crippen LogP contribution in [0.4, 0.5) is 5.13 Å². The minimum absolute atomic E-state index is 0.212. The van der Waals surface area contributed by atoms with E-state index in [0.29, 0.717) is 16.5 Å². The summed E-state index contributed by atoms with van der Waals surface area (Å²) in [6.45, 7) is 1.75. The molecule has 1 amide bonds. The van der Waals surface area contributed by atoms with Crippen LogP contribution in [-0.4, -0.2) is 10.9 Å². The molecule has 0 radical (unpaired) electrons. The van der Waals surface area contributed by atoms with Crippen molar-refractivity contribution in [3.05, 3.63) is 57.8 Å². The maximum Gasteiger partial charge on any atom is 0.260 e. The van der Waals surface area contributed by atoms with Crippen molar-refractivity contribution in [3.63, 3.8) is 0 Å². The third-order valence-electron chi connectivity index (χ3n) is 2.95. The average molecular weight is 363 g/mol. The van der Waals surface area contributed by atoms with Gasteiger partial charge in [-0.3, -0.25) is 10.1 Å². The number of carbonyl (C=O) groups is 1. The second-order valence-corrected chi connectivity index (χ2v) is 6.17. The molecule has 3 rings (SSSR count). The van der Waals surface area contributed by atoms with E-state index < -0.39 is 0 Å². The Hall–Kier alpha value is -1.92. The van der Waals surface area contributed by atoms with Gasteiger partial charge in [-0.05, 0) is 25.1 Å². The fraction of sp³-hybridized carbons (Fsp3) is 0.0667. The van der Waals surface area contributed by atoms with E-state index in [1.54, 1.807) is 13.0 Å². The van der Waals surface area contributed by atoms with Crippen molar-refractivity contribution in [1.82, 2.24) is 4.98 Å². The van der Waals surface area contributed by atoms with Crippen LogP contribution in [-0.2, 0) is 0 Å². The van der Waals surface area contributed by atoms with E-state index in [9.17, 15) is 4.79 Å². The highest BCUT2D eigenvalue weighted by Gasteiger charge is 2.13. The molecule has 21 heavy (non-hydrogen) atoms. The topological polar surface area (TPSA) is 55.1 Å². The fourth-order valence-electron chi connectivity index (χ4n) is 1.90. The number of rotatable bonds is 3. The van der Waals surface area contributed by atoms with Crippen LogP contribution in [0.15, 0.2) is 50.9 Å². The van der Waals surface area contributed by atoms with Crippen LogP contribution in [0.1, 0.15) is 16.1 Å². The molecule has 0 spiro atoms. The van der Waals surface area contributed by atoms with Gasteiger partial charge in [0.05, 0.1) is 17.5 Å². The quantitative estimate of drug-likeness (QED) is 0.732. The van der Waals surface area contributed by atoms with E-state index in [1.165, 1.54) is 17.6 Å². The van der Waals surface area contributed by atoms with Crippen molar-refractivity contribution in [1.29, 1.82) is 0 Å². The van der Waals surface area contributed by atoms with Crippen LogP contribution in [0, 0.1) is 6.92 Å². The lowest BCUT2D eigenvalue weighted by molar-refractivity contribution is 0.102. The predicted octanol–water partition coefficient (Wildman–Crippen LogP) is 4.73. The summed E-state index contributed by atoms with van der Waals surface area (Å²) in [5.74, 6) is 0.382. The van der Waals surface area contributed by atoms with E-state index in [2.05, 4.69) is 26.2 Å². The maximum atomic E-state index is 12.1. The number of aromatic nitrogens is 1. The van der Waals surface area contributed by atoms with Crippen molar-refractivity contribution in [2.45, 2.75) is 6.92 Å². The van der Waals surface area contributed by atoms with Crippen LogP contribution in [0.3, 0.4) is 0 Å². The van der Waals surface area contributed by atoms with Gasteiger partial charge < -0.3 is 4.42 Å². The molecule has 6 heteroatoms. The summed E-state index contributed by atoms with van der Waals surface area (Å²) in [6.07, 6.45) is 1.50. The lowest BCUT2D eigenvalue weighted by Crippen LogP contribution is -2.11. The smallest absolute Gasteiger partial charge is 0.260 e. The lowest BCUT2D eigenvalue weighted by Gasteiger charge is -2.00. The van der Waals surface area contributed by atoms with Crippen LogP contribution < -0.4 is 5.32 Å². The Balaban J connectivity index is 1.80. The molecule has 0 aliphatic heterocycles. The first kappa shape index (κ1) is 14.0. The number of benzene rings is 1. The molecule has 0 fully saturated rings. The molecule has 0 aliphatic rings. The molecule has 0 saturated carbocycles. The first-order valence-electron chi connectivity index (χ1n) is 6.20. The van der Waals surface area contributed by atoms with Gasteiger partial charge in [0.2, 0.25) is 0 Å². The molecule has 2 aromatic heterocycles. The number of carbonyl (C=O) groups excluding carboxylic acids is 1. The van der Waals surface area contributed by atoms with Crippen LogP contribution in [0.5, 0.6) is 0 Å². The maximum absolute atomic E-state index is 12.1. The highest BCUT2D eigenvalue weighted by molar-refractivity contribution is 9.10. The van der Waals surface area contributed by atoms with Crippen LogP contribution in [0.2, 0.25) is 0 Å². The second kappa shape index (κ2) is 5.83. The summed E-state index contributed by atoms with van der Waals surface area (Å²) < 4.78 is 6.12. The highest BCUT2D eigenvalue weighted by Crippen LogP contribution is 2.27. The number of nitrogens with one attached hydrogen (secondary N) is 1. The molecule has 0 aliphatic carbocycles. The number of aryl methyl sites for hydroxylation is 1. The van der Waals surface area contributed by atoms with Gasteiger partial charge >= 0.3 is 0 Å². The minimum Gasteiger partial charge on any atom is -0.469 e. The fourth-order valence-corrected chi connectivity index (χ4v) is 3.01. The van der Waals surface area contributed by atoms with E-state index in [0.717, 1.165) is 15.7 Å². The first-order chi connectivity index (χ1) is 10.1. The molecular formula is C15H11BrN2O2S. The Morgan fingerprint density at radius 3 is 2.95 bits per heavy atom. The first-order valence-corrected chi connectivity index (χ1v) is 7.87. The number of anilines is 1. The zero-order valence-corrected chi connectivity index (χ0v) is 13.5. The average Bonchev–Trinajstić information content (AvgIpc) is 3.08. The number of furan rings is 1. The van der Waals surface area contributed by atoms with E-state index >= 15 is 0 Å². The SMILES string of the molecule is Cc1occc1C(=O)Nc1nc(-c2cccc(Br)c2)cs1. The third kappa shape index (κ3) is 3.06. The molecule has 0 bridgehead atoms. The van der Waals surface area contributed by atoms with Crippen molar-refractivity contribution in [2.75, 3.05) is 5.32 Å². The standard InChI is InChI=1S/C15H11BrN2O2S/c1-9-12(5-6-20-9)14(19)18-15-17-13(8-21-15)10-3-2-4-11(16)7-10/h2-8H,1H3,(H,17,18,19). The summed E-state index contributed by atoms with van der Waals surface area (Å²) in [7, 11) is 0. The molecule has 0 saturated heterocycles. The van der Waals surface area contributed by atoms with Gasteiger partial charge in [-0.25, -0.2) is 4.98 Å². The Kier molecular flexibility index (Phi) is 3.90. The van der Waals surface area contributed by atoms with Crippen molar-refractivity contribution in [3.8, 4) is 11.3 Å². The number of amides is 1. The monoisotopic (exact) mass is 362 g/mol. The highest BCUT2D eigenvalue weighted by atomic mass is 79.9. The molecule has 0 atom stereocenters. The lowest BCUT2D eigenvalue weighted by atomic mass is 10.2. The summed E-state index contributed by atoms with van der Waals surface area (Å²) in [6, 6.07) is 9.52. The summed E-state index contributed by atoms with van der Waals surface area (Å²) >= 11 is 4.83. The predicted molar refractivity (Wildman–Crippen MR) is 86.6 cm³/mol.